The Morgan fingerprint density at radius 2 is 1.41 bits per heavy atom. The van der Waals surface area contributed by atoms with Crippen molar-refractivity contribution in [3.05, 3.63) is 34.9 Å². The molecule has 2 saturated carbocycles. The standard InChI is InChI=1S/C22H29ClN2O2/c23-19-9-7-18(8-10-19)22(11-3-4-12-22)21(27)25-15-13-24(14-16-25)20(26)17-5-1-2-6-17/h7-10,17H,1-6,11-16H2. The number of hydrogen-bond acceptors (Lipinski definition) is 2. The van der Waals surface area contributed by atoms with E-state index in [9.17, 15) is 9.59 Å². The fraction of sp³-hybridized carbons (Fsp3) is 0.636. The van der Waals surface area contributed by atoms with Crippen LogP contribution in [0.25, 0.3) is 0 Å². The molecule has 4 nitrogen and oxygen atoms in total. The summed E-state index contributed by atoms with van der Waals surface area (Å²) in [4.78, 5) is 30.2. The fourth-order valence-electron chi connectivity index (χ4n) is 5.24. The lowest BCUT2D eigenvalue weighted by Gasteiger charge is -2.40. The monoisotopic (exact) mass is 388 g/mol. The Balaban J connectivity index is 1.44. The van der Waals surface area contributed by atoms with Crippen molar-refractivity contribution in [3.63, 3.8) is 0 Å². The molecule has 0 unspecified atom stereocenters. The van der Waals surface area contributed by atoms with Crippen molar-refractivity contribution in [2.75, 3.05) is 26.2 Å². The fourth-order valence-corrected chi connectivity index (χ4v) is 5.36. The second kappa shape index (κ2) is 7.83. The van der Waals surface area contributed by atoms with Gasteiger partial charge in [0.2, 0.25) is 11.8 Å². The van der Waals surface area contributed by atoms with Crippen LogP contribution in [0.3, 0.4) is 0 Å². The van der Waals surface area contributed by atoms with Crippen LogP contribution in [0.15, 0.2) is 24.3 Å². The summed E-state index contributed by atoms with van der Waals surface area (Å²) in [6.45, 7) is 2.68. The first-order chi connectivity index (χ1) is 13.1. The Hall–Kier alpha value is -1.55. The number of hydrogen-bond donors (Lipinski definition) is 0. The van der Waals surface area contributed by atoms with E-state index in [1.165, 1.54) is 12.8 Å². The van der Waals surface area contributed by atoms with Gasteiger partial charge in [-0.3, -0.25) is 9.59 Å². The second-order valence-electron chi connectivity index (χ2n) is 8.39. The number of nitrogens with zero attached hydrogens (tertiary/aromatic N) is 2. The van der Waals surface area contributed by atoms with E-state index in [2.05, 4.69) is 0 Å². The van der Waals surface area contributed by atoms with Crippen molar-refractivity contribution < 1.29 is 9.59 Å². The van der Waals surface area contributed by atoms with Crippen molar-refractivity contribution >= 4 is 23.4 Å². The predicted octanol–water partition coefficient (Wildman–Crippen LogP) is 4.01. The quantitative estimate of drug-likeness (QED) is 0.784. The number of rotatable bonds is 3. The third kappa shape index (κ3) is 3.61. The smallest absolute Gasteiger partial charge is 0.233 e. The minimum absolute atomic E-state index is 0.225. The largest absolute Gasteiger partial charge is 0.339 e. The van der Waals surface area contributed by atoms with Crippen LogP contribution in [0.4, 0.5) is 0 Å². The Morgan fingerprint density at radius 1 is 0.852 bits per heavy atom. The molecule has 0 bridgehead atoms. The van der Waals surface area contributed by atoms with Crippen LogP contribution in [0.5, 0.6) is 0 Å². The summed E-state index contributed by atoms with van der Waals surface area (Å²) in [5.41, 5.74) is 0.696. The Kier molecular flexibility index (Phi) is 5.45. The number of amides is 2. The zero-order chi connectivity index (χ0) is 18.9. The van der Waals surface area contributed by atoms with Gasteiger partial charge in [0.1, 0.15) is 0 Å². The average molecular weight is 389 g/mol. The van der Waals surface area contributed by atoms with Crippen molar-refractivity contribution in [2.24, 2.45) is 5.92 Å². The van der Waals surface area contributed by atoms with Crippen LogP contribution < -0.4 is 0 Å². The maximum atomic E-state index is 13.5. The first kappa shape index (κ1) is 18.8. The molecule has 3 aliphatic rings. The van der Waals surface area contributed by atoms with E-state index in [4.69, 9.17) is 11.6 Å². The second-order valence-corrected chi connectivity index (χ2v) is 8.83. The molecule has 0 N–H and O–H groups in total. The van der Waals surface area contributed by atoms with Gasteiger partial charge in [-0.25, -0.2) is 0 Å². The molecule has 1 aromatic carbocycles. The lowest BCUT2D eigenvalue weighted by atomic mass is 9.77. The maximum Gasteiger partial charge on any atom is 0.233 e. The first-order valence-electron chi connectivity index (χ1n) is 10.4. The van der Waals surface area contributed by atoms with Crippen LogP contribution in [0.2, 0.25) is 5.02 Å². The maximum absolute atomic E-state index is 13.5. The molecule has 2 aliphatic carbocycles. The third-order valence-corrected chi connectivity index (χ3v) is 7.10. The molecule has 1 aromatic rings. The minimum atomic E-state index is -0.401. The van der Waals surface area contributed by atoms with Crippen molar-refractivity contribution in [1.29, 1.82) is 0 Å². The molecule has 1 aliphatic heterocycles. The van der Waals surface area contributed by atoms with Gasteiger partial charge in [-0.2, -0.15) is 0 Å². The van der Waals surface area contributed by atoms with Crippen LogP contribution in [-0.4, -0.2) is 47.8 Å². The van der Waals surface area contributed by atoms with Crippen molar-refractivity contribution in [1.82, 2.24) is 9.80 Å². The van der Waals surface area contributed by atoms with Gasteiger partial charge in [-0.1, -0.05) is 49.4 Å². The lowest BCUT2D eigenvalue weighted by molar-refractivity contribution is -0.145. The Bertz CT molecular complexity index is 683. The van der Waals surface area contributed by atoms with Gasteiger partial charge in [0.15, 0.2) is 0 Å². The predicted molar refractivity (Wildman–Crippen MR) is 107 cm³/mol. The molecular weight excluding hydrogens is 360 g/mol. The zero-order valence-electron chi connectivity index (χ0n) is 16.0. The highest BCUT2D eigenvalue weighted by Gasteiger charge is 2.45. The lowest BCUT2D eigenvalue weighted by Crippen LogP contribution is -2.55. The van der Waals surface area contributed by atoms with Gasteiger partial charge in [-0.15, -0.1) is 0 Å². The summed E-state index contributed by atoms with van der Waals surface area (Å²) in [5.74, 6) is 0.783. The molecule has 2 amide bonds. The molecule has 0 atom stereocenters. The zero-order valence-corrected chi connectivity index (χ0v) is 16.7. The normalized spacial score (nSPS) is 23.0. The molecule has 5 heteroatoms. The number of halogens is 1. The van der Waals surface area contributed by atoms with Crippen LogP contribution in [0.1, 0.15) is 56.9 Å². The summed E-state index contributed by atoms with van der Waals surface area (Å²) < 4.78 is 0. The van der Waals surface area contributed by atoms with E-state index in [1.54, 1.807) is 0 Å². The highest BCUT2D eigenvalue weighted by Crippen LogP contribution is 2.43. The molecule has 1 heterocycles. The summed E-state index contributed by atoms with van der Waals surface area (Å²) in [7, 11) is 0. The van der Waals surface area contributed by atoms with Gasteiger partial charge >= 0.3 is 0 Å². The number of carbonyl (C=O) groups is 2. The first-order valence-corrected chi connectivity index (χ1v) is 10.8. The van der Waals surface area contributed by atoms with Crippen LogP contribution >= 0.6 is 11.6 Å². The highest BCUT2D eigenvalue weighted by atomic mass is 35.5. The topological polar surface area (TPSA) is 40.6 Å². The molecule has 146 valence electrons. The van der Waals surface area contributed by atoms with E-state index >= 15 is 0 Å². The third-order valence-electron chi connectivity index (χ3n) is 6.85. The van der Waals surface area contributed by atoms with E-state index in [1.807, 2.05) is 34.1 Å². The summed E-state index contributed by atoms with van der Waals surface area (Å²) in [6, 6.07) is 7.82. The SMILES string of the molecule is O=C(C1CCCC1)N1CCN(C(=O)C2(c3ccc(Cl)cc3)CCCC2)CC1. The Labute approximate surface area is 166 Å². The van der Waals surface area contributed by atoms with Gasteiger partial charge < -0.3 is 9.80 Å². The van der Waals surface area contributed by atoms with E-state index in [0.717, 1.165) is 44.1 Å². The van der Waals surface area contributed by atoms with Crippen LogP contribution in [-0.2, 0) is 15.0 Å². The molecule has 3 fully saturated rings. The van der Waals surface area contributed by atoms with E-state index in [-0.39, 0.29) is 11.8 Å². The van der Waals surface area contributed by atoms with Gasteiger partial charge in [0, 0.05) is 37.1 Å². The van der Waals surface area contributed by atoms with Crippen molar-refractivity contribution in [3.8, 4) is 0 Å². The van der Waals surface area contributed by atoms with Gasteiger partial charge in [-0.05, 0) is 43.4 Å². The van der Waals surface area contributed by atoms with Gasteiger partial charge in [0.25, 0.3) is 0 Å². The van der Waals surface area contributed by atoms with Crippen molar-refractivity contribution in [2.45, 2.75) is 56.8 Å². The molecular formula is C22H29ClN2O2. The number of carbonyl (C=O) groups excluding carboxylic acids is 2. The molecule has 4 rings (SSSR count). The minimum Gasteiger partial charge on any atom is -0.339 e. The average Bonchev–Trinajstić information content (AvgIpc) is 3.40. The van der Waals surface area contributed by atoms with E-state index in [0.29, 0.717) is 37.1 Å². The summed E-state index contributed by atoms with van der Waals surface area (Å²) in [5, 5.41) is 0.707. The molecule has 0 spiro atoms. The molecule has 0 aromatic heterocycles. The highest BCUT2D eigenvalue weighted by molar-refractivity contribution is 6.30. The summed E-state index contributed by atoms with van der Waals surface area (Å²) in [6.07, 6.45) is 8.44. The summed E-state index contributed by atoms with van der Waals surface area (Å²) >= 11 is 6.06. The molecule has 27 heavy (non-hydrogen) atoms. The van der Waals surface area contributed by atoms with E-state index < -0.39 is 5.41 Å². The Morgan fingerprint density at radius 3 is 2.00 bits per heavy atom. The van der Waals surface area contributed by atoms with Gasteiger partial charge in [0.05, 0.1) is 5.41 Å². The number of piperazine rings is 1. The molecule has 1 saturated heterocycles. The molecule has 0 radical (unpaired) electrons. The van der Waals surface area contributed by atoms with Crippen LogP contribution in [0, 0.1) is 5.92 Å². The number of benzene rings is 1.